The van der Waals surface area contributed by atoms with Gasteiger partial charge in [-0.05, 0) is 36.6 Å². The zero-order valence-corrected chi connectivity index (χ0v) is 17.2. The van der Waals surface area contributed by atoms with Crippen molar-refractivity contribution in [2.24, 2.45) is 0 Å². The monoisotopic (exact) mass is 410 g/mol. The van der Waals surface area contributed by atoms with Gasteiger partial charge in [-0.15, -0.1) is 11.8 Å². The van der Waals surface area contributed by atoms with E-state index >= 15 is 0 Å². The van der Waals surface area contributed by atoms with Crippen LogP contribution in [0.5, 0.6) is 0 Å². The van der Waals surface area contributed by atoms with Gasteiger partial charge in [-0.25, -0.2) is 4.98 Å². The minimum absolute atomic E-state index is 0.0522. The third-order valence-corrected chi connectivity index (χ3v) is 6.78. The summed E-state index contributed by atoms with van der Waals surface area (Å²) in [5, 5.41) is 2.93. The lowest BCUT2D eigenvalue weighted by molar-refractivity contribution is -0.131. The highest BCUT2D eigenvalue weighted by Gasteiger charge is 2.25. The van der Waals surface area contributed by atoms with Crippen LogP contribution in [0.15, 0.2) is 48.7 Å². The number of hydrogen-bond acceptors (Lipinski definition) is 5. The Balaban J connectivity index is 1.21. The fraction of sp³-hybridized carbons (Fsp3) is 0.409. The summed E-state index contributed by atoms with van der Waals surface area (Å²) in [6.07, 6.45) is 3.97. The molecule has 0 saturated carbocycles. The Morgan fingerprint density at radius 1 is 1.10 bits per heavy atom. The van der Waals surface area contributed by atoms with Crippen LogP contribution in [-0.2, 0) is 16.0 Å². The normalized spacial score (nSPS) is 19.3. The highest BCUT2D eigenvalue weighted by atomic mass is 32.2. The number of para-hydroxylation sites is 1. The molecule has 1 saturated heterocycles. The molecule has 7 heteroatoms. The number of rotatable bonds is 5. The quantitative estimate of drug-likeness (QED) is 0.821. The number of benzene rings is 1. The molecule has 2 aliphatic rings. The van der Waals surface area contributed by atoms with E-state index in [1.165, 1.54) is 5.56 Å². The first-order chi connectivity index (χ1) is 14.2. The maximum absolute atomic E-state index is 12.6. The van der Waals surface area contributed by atoms with Crippen LogP contribution in [0, 0.1) is 0 Å². The van der Waals surface area contributed by atoms with E-state index < -0.39 is 0 Å². The van der Waals surface area contributed by atoms with Crippen molar-refractivity contribution in [2.75, 3.05) is 42.1 Å². The molecule has 1 aromatic heterocycles. The lowest BCUT2D eigenvalue weighted by Gasteiger charge is -2.35. The number of aromatic nitrogens is 1. The highest BCUT2D eigenvalue weighted by Crippen LogP contribution is 2.27. The Morgan fingerprint density at radius 2 is 1.90 bits per heavy atom. The fourth-order valence-corrected chi connectivity index (χ4v) is 4.89. The van der Waals surface area contributed by atoms with Crippen LogP contribution in [-0.4, -0.2) is 58.9 Å². The van der Waals surface area contributed by atoms with E-state index in [-0.39, 0.29) is 17.1 Å². The molecular formula is C22H26N4O2S. The van der Waals surface area contributed by atoms with Gasteiger partial charge in [0.25, 0.3) is 0 Å². The maximum Gasteiger partial charge on any atom is 0.237 e. The first-order valence-electron chi connectivity index (χ1n) is 10.1. The van der Waals surface area contributed by atoms with Gasteiger partial charge in [0.2, 0.25) is 11.8 Å². The molecule has 0 aliphatic carbocycles. The molecular weight excluding hydrogens is 384 g/mol. The van der Waals surface area contributed by atoms with E-state index in [9.17, 15) is 9.59 Å². The summed E-state index contributed by atoms with van der Waals surface area (Å²) in [7, 11) is 0. The average Bonchev–Trinajstić information content (AvgIpc) is 2.93. The second kappa shape index (κ2) is 9.31. The van der Waals surface area contributed by atoms with Crippen LogP contribution in [0.4, 0.5) is 11.5 Å². The van der Waals surface area contributed by atoms with Crippen molar-refractivity contribution < 1.29 is 9.59 Å². The van der Waals surface area contributed by atoms with Gasteiger partial charge >= 0.3 is 0 Å². The number of aryl methyl sites for hydroxylation is 1. The Morgan fingerprint density at radius 3 is 2.69 bits per heavy atom. The van der Waals surface area contributed by atoms with Crippen molar-refractivity contribution in [2.45, 2.75) is 24.5 Å². The van der Waals surface area contributed by atoms with Crippen LogP contribution < -0.4 is 10.2 Å². The Bertz CT molecular complexity index is 853. The van der Waals surface area contributed by atoms with Gasteiger partial charge < -0.3 is 15.1 Å². The highest BCUT2D eigenvalue weighted by molar-refractivity contribution is 8.00. The molecule has 2 aromatic rings. The summed E-state index contributed by atoms with van der Waals surface area (Å²) >= 11 is 1.60. The minimum atomic E-state index is -0.101. The molecule has 3 heterocycles. The first-order valence-corrected chi connectivity index (χ1v) is 11.2. The van der Waals surface area contributed by atoms with Gasteiger partial charge in [0.1, 0.15) is 5.82 Å². The lowest BCUT2D eigenvalue weighted by atomic mass is 10.1. The first kappa shape index (κ1) is 19.8. The number of anilines is 2. The summed E-state index contributed by atoms with van der Waals surface area (Å²) in [4.78, 5) is 33.6. The van der Waals surface area contributed by atoms with Crippen LogP contribution in [0.1, 0.15) is 18.4 Å². The van der Waals surface area contributed by atoms with Gasteiger partial charge in [0.05, 0.1) is 5.25 Å². The van der Waals surface area contributed by atoms with Crippen LogP contribution in [0.3, 0.4) is 0 Å². The van der Waals surface area contributed by atoms with Crippen molar-refractivity contribution >= 4 is 35.1 Å². The van der Waals surface area contributed by atoms with Crippen molar-refractivity contribution in [3.05, 3.63) is 54.2 Å². The smallest absolute Gasteiger partial charge is 0.237 e. The Kier molecular flexibility index (Phi) is 6.34. The number of fused-ring (bicyclic) bond motifs is 1. The Labute approximate surface area is 175 Å². The van der Waals surface area contributed by atoms with Gasteiger partial charge in [-0.3, -0.25) is 9.59 Å². The molecule has 2 aliphatic heterocycles. The van der Waals surface area contributed by atoms with Crippen molar-refractivity contribution in [3.63, 3.8) is 0 Å². The molecule has 2 amide bonds. The molecule has 29 heavy (non-hydrogen) atoms. The van der Waals surface area contributed by atoms with Crippen LogP contribution >= 0.6 is 11.8 Å². The minimum Gasteiger partial charge on any atom is -0.353 e. The molecule has 1 N–H and O–H groups in total. The predicted octanol–water partition coefficient (Wildman–Crippen LogP) is 2.81. The van der Waals surface area contributed by atoms with E-state index in [0.29, 0.717) is 12.2 Å². The van der Waals surface area contributed by atoms with Gasteiger partial charge in [-0.2, -0.15) is 0 Å². The predicted molar refractivity (Wildman–Crippen MR) is 117 cm³/mol. The second-order valence-corrected chi connectivity index (χ2v) is 8.66. The van der Waals surface area contributed by atoms with E-state index in [4.69, 9.17) is 0 Å². The molecule has 0 unspecified atom stereocenters. The zero-order valence-electron chi connectivity index (χ0n) is 16.4. The van der Waals surface area contributed by atoms with Gasteiger partial charge in [0.15, 0.2) is 0 Å². The van der Waals surface area contributed by atoms with Crippen LogP contribution in [0.25, 0.3) is 0 Å². The molecule has 1 fully saturated rings. The average molecular weight is 411 g/mol. The van der Waals surface area contributed by atoms with E-state index in [0.717, 1.165) is 50.5 Å². The number of pyridine rings is 1. The number of carbonyl (C=O) groups is 2. The third-order valence-electron chi connectivity index (χ3n) is 5.48. The fourth-order valence-electron chi connectivity index (χ4n) is 3.82. The number of nitrogens with one attached hydrogen (secondary N) is 1. The summed E-state index contributed by atoms with van der Waals surface area (Å²) in [6.45, 7) is 3.05. The molecule has 6 nitrogen and oxygen atoms in total. The number of piperazine rings is 1. The largest absolute Gasteiger partial charge is 0.353 e. The summed E-state index contributed by atoms with van der Waals surface area (Å²) in [6, 6.07) is 13.9. The number of carbonyl (C=O) groups excluding carboxylic acids is 2. The van der Waals surface area contributed by atoms with Crippen molar-refractivity contribution in [1.29, 1.82) is 0 Å². The number of nitrogens with zero attached hydrogens (tertiary/aromatic N) is 3. The standard InChI is InChI=1S/C22H26N4O2S/c27-21(26-14-12-25(13-15-26)20-7-3-4-11-23-20)10-16-29-19-9-8-17-5-1-2-6-18(17)24-22(19)28/h1-7,11,19H,8-10,12-16H2,(H,24,28)/t19-/m1/s1. The van der Waals surface area contributed by atoms with E-state index in [1.54, 1.807) is 18.0 Å². The summed E-state index contributed by atoms with van der Waals surface area (Å²) in [5.41, 5.74) is 2.10. The molecule has 0 radical (unpaired) electrons. The van der Waals surface area contributed by atoms with Crippen LogP contribution in [0.2, 0.25) is 0 Å². The molecule has 0 spiro atoms. The van der Waals surface area contributed by atoms with Gasteiger partial charge in [-0.1, -0.05) is 24.3 Å². The molecule has 4 rings (SSSR count). The zero-order chi connectivity index (χ0) is 20.1. The summed E-state index contributed by atoms with van der Waals surface area (Å²) in [5.74, 6) is 1.87. The topological polar surface area (TPSA) is 65.5 Å². The van der Waals surface area contributed by atoms with Crippen molar-refractivity contribution in [3.8, 4) is 0 Å². The van der Waals surface area contributed by atoms with E-state index in [2.05, 4.69) is 21.3 Å². The van der Waals surface area contributed by atoms with Crippen molar-refractivity contribution in [1.82, 2.24) is 9.88 Å². The third kappa shape index (κ3) is 4.90. The Hall–Kier alpha value is -2.54. The SMILES string of the molecule is O=C1Nc2ccccc2CC[C@H]1SCCC(=O)N1CCN(c2ccccn2)CC1. The maximum atomic E-state index is 12.6. The van der Waals surface area contributed by atoms with E-state index in [1.807, 2.05) is 41.3 Å². The number of hydrogen-bond donors (Lipinski definition) is 1. The molecule has 152 valence electrons. The second-order valence-electron chi connectivity index (χ2n) is 7.35. The molecule has 1 atom stereocenters. The molecule has 0 bridgehead atoms. The summed E-state index contributed by atoms with van der Waals surface area (Å²) < 4.78 is 0. The van der Waals surface area contributed by atoms with Gasteiger partial charge in [0, 0.05) is 50.2 Å². The number of thioether (sulfide) groups is 1. The number of amides is 2. The molecule has 1 aromatic carbocycles. The lowest BCUT2D eigenvalue weighted by Crippen LogP contribution is -2.49.